The highest BCUT2D eigenvalue weighted by Crippen LogP contribution is 2.29. The van der Waals surface area contributed by atoms with Crippen molar-refractivity contribution >= 4 is 0 Å². The second-order valence-electron chi connectivity index (χ2n) is 5.51. The third-order valence-electron chi connectivity index (χ3n) is 3.71. The summed E-state index contributed by atoms with van der Waals surface area (Å²) in [6.45, 7) is 6.98. The van der Waals surface area contributed by atoms with Crippen molar-refractivity contribution in [2.75, 3.05) is 13.7 Å². The Kier molecular flexibility index (Phi) is 5.40. The Morgan fingerprint density at radius 3 is 2.48 bits per heavy atom. The van der Waals surface area contributed by atoms with Gasteiger partial charge >= 0.3 is 0 Å². The van der Waals surface area contributed by atoms with Crippen molar-refractivity contribution in [2.24, 2.45) is 0 Å². The van der Waals surface area contributed by atoms with Crippen LogP contribution in [0.2, 0.25) is 0 Å². The number of rotatable bonds is 6. The molecule has 2 aromatic carbocycles. The summed E-state index contributed by atoms with van der Waals surface area (Å²) in [6.07, 6.45) is 0.960. The quantitative estimate of drug-likeness (QED) is 0.857. The van der Waals surface area contributed by atoms with Crippen LogP contribution in [0.1, 0.15) is 35.2 Å². The minimum Gasteiger partial charge on any atom is -0.494 e. The highest BCUT2D eigenvalue weighted by molar-refractivity contribution is 5.40. The van der Waals surface area contributed by atoms with E-state index < -0.39 is 0 Å². The topological polar surface area (TPSA) is 21.3 Å². The van der Waals surface area contributed by atoms with Crippen LogP contribution >= 0.6 is 0 Å². The summed E-state index contributed by atoms with van der Waals surface area (Å²) in [5.74, 6) is 0.982. The molecule has 0 saturated heterocycles. The van der Waals surface area contributed by atoms with Gasteiger partial charge in [0, 0.05) is 11.6 Å². The first-order valence-corrected chi connectivity index (χ1v) is 7.60. The highest BCUT2D eigenvalue weighted by Gasteiger charge is 2.15. The summed E-state index contributed by atoms with van der Waals surface area (Å²) in [6, 6.07) is 15.4. The zero-order chi connectivity index (χ0) is 15.2. The molecule has 0 saturated carbocycles. The molecule has 21 heavy (non-hydrogen) atoms. The predicted octanol–water partition coefficient (Wildman–Crippen LogP) is 4.21. The zero-order valence-electron chi connectivity index (χ0n) is 13.4. The zero-order valence-corrected chi connectivity index (χ0v) is 13.4. The van der Waals surface area contributed by atoms with Crippen molar-refractivity contribution in [2.45, 2.75) is 33.2 Å². The molecule has 0 aliphatic carbocycles. The molecule has 0 spiro atoms. The first-order valence-electron chi connectivity index (χ1n) is 7.60. The van der Waals surface area contributed by atoms with Gasteiger partial charge in [-0.1, -0.05) is 47.5 Å². The fraction of sp³-hybridized carbons (Fsp3) is 0.368. The Labute approximate surface area is 128 Å². The summed E-state index contributed by atoms with van der Waals surface area (Å²) in [4.78, 5) is 0. The molecule has 0 amide bonds. The number of likely N-dealkylation sites (N-methyl/N-ethyl adjacent to an activating group) is 1. The number of ether oxygens (including phenoxy) is 1. The monoisotopic (exact) mass is 283 g/mol. The molecule has 0 heterocycles. The molecular weight excluding hydrogens is 258 g/mol. The van der Waals surface area contributed by atoms with E-state index in [1.807, 2.05) is 14.0 Å². The van der Waals surface area contributed by atoms with E-state index in [0.29, 0.717) is 6.61 Å². The maximum atomic E-state index is 5.80. The maximum Gasteiger partial charge on any atom is 0.124 e. The van der Waals surface area contributed by atoms with Crippen molar-refractivity contribution in [3.8, 4) is 5.75 Å². The molecule has 0 bridgehead atoms. The van der Waals surface area contributed by atoms with E-state index in [4.69, 9.17) is 4.74 Å². The fourth-order valence-corrected chi connectivity index (χ4v) is 2.67. The smallest absolute Gasteiger partial charge is 0.124 e. The Balaban J connectivity index is 2.30. The van der Waals surface area contributed by atoms with E-state index >= 15 is 0 Å². The van der Waals surface area contributed by atoms with Crippen LogP contribution in [0.5, 0.6) is 5.75 Å². The van der Waals surface area contributed by atoms with Gasteiger partial charge in [-0.15, -0.1) is 0 Å². The van der Waals surface area contributed by atoms with Crippen molar-refractivity contribution in [1.82, 2.24) is 5.32 Å². The lowest BCUT2D eigenvalue weighted by atomic mass is 9.96. The van der Waals surface area contributed by atoms with Gasteiger partial charge in [0.15, 0.2) is 0 Å². The van der Waals surface area contributed by atoms with Crippen molar-refractivity contribution < 1.29 is 4.74 Å². The van der Waals surface area contributed by atoms with E-state index in [2.05, 4.69) is 61.6 Å². The molecule has 0 aliphatic heterocycles. The van der Waals surface area contributed by atoms with Gasteiger partial charge in [0.1, 0.15) is 5.75 Å². The molecular formula is C19H25NO. The van der Waals surface area contributed by atoms with Gasteiger partial charge < -0.3 is 10.1 Å². The molecule has 112 valence electrons. The first-order chi connectivity index (χ1) is 10.1. The van der Waals surface area contributed by atoms with Gasteiger partial charge in [-0.05, 0) is 45.9 Å². The summed E-state index contributed by atoms with van der Waals surface area (Å²) < 4.78 is 5.80. The predicted molar refractivity (Wildman–Crippen MR) is 89.0 cm³/mol. The summed E-state index contributed by atoms with van der Waals surface area (Å²) in [7, 11) is 2.01. The molecule has 2 nitrogen and oxygen atoms in total. The number of benzene rings is 2. The number of hydrogen-bond donors (Lipinski definition) is 1. The van der Waals surface area contributed by atoms with Crippen LogP contribution in [0.3, 0.4) is 0 Å². The molecule has 2 aromatic rings. The molecule has 0 aromatic heterocycles. The van der Waals surface area contributed by atoms with E-state index in [1.54, 1.807) is 0 Å². The minimum absolute atomic E-state index is 0.258. The second-order valence-corrected chi connectivity index (χ2v) is 5.51. The molecule has 2 rings (SSSR count). The number of nitrogens with one attached hydrogen (secondary N) is 1. The molecule has 0 fully saturated rings. The average molecular weight is 283 g/mol. The highest BCUT2D eigenvalue weighted by atomic mass is 16.5. The summed E-state index contributed by atoms with van der Waals surface area (Å²) in [5.41, 5.74) is 5.15. The van der Waals surface area contributed by atoms with Gasteiger partial charge in [-0.2, -0.15) is 0 Å². The average Bonchev–Trinajstić information content (AvgIpc) is 2.47. The molecule has 0 aliphatic rings. The van der Waals surface area contributed by atoms with Crippen molar-refractivity contribution in [3.63, 3.8) is 0 Å². The van der Waals surface area contributed by atoms with Gasteiger partial charge in [0.05, 0.1) is 6.61 Å². The normalized spacial score (nSPS) is 12.2. The fourth-order valence-electron chi connectivity index (χ4n) is 2.67. The van der Waals surface area contributed by atoms with Crippen molar-refractivity contribution in [3.05, 3.63) is 64.7 Å². The lowest BCUT2D eigenvalue weighted by Crippen LogP contribution is -2.20. The Hall–Kier alpha value is -1.80. The number of aryl methyl sites for hydroxylation is 2. The Morgan fingerprint density at radius 1 is 1.05 bits per heavy atom. The largest absolute Gasteiger partial charge is 0.494 e. The van der Waals surface area contributed by atoms with E-state index in [-0.39, 0.29) is 6.04 Å². The molecule has 0 radical (unpaired) electrons. The van der Waals surface area contributed by atoms with E-state index in [0.717, 1.165) is 12.2 Å². The number of hydrogen-bond acceptors (Lipinski definition) is 2. The first kappa shape index (κ1) is 15.6. The summed E-state index contributed by atoms with van der Waals surface area (Å²) in [5, 5.41) is 3.43. The molecule has 1 N–H and O–H groups in total. The Bertz CT molecular complexity index is 592. The third-order valence-corrected chi connectivity index (χ3v) is 3.71. The molecule has 1 unspecified atom stereocenters. The van der Waals surface area contributed by atoms with Crippen molar-refractivity contribution in [1.29, 1.82) is 0 Å². The lowest BCUT2D eigenvalue weighted by molar-refractivity contribution is 0.332. The van der Waals surface area contributed by atoms with Gasteiger partial charge in [0.2, 0.25) is 0 Å². The van der Waals surface area contributed by atoms with Crippen LogP contribution in [-0.2, 0) is 6.42 Å². The second kappa shape index (κ2) is 7.28. The van der Waals surface area contributed by atoms with Crippen LogP contribution in [0.15, 0.2) is 42.5 Å². The van der Waals surface area contributed by atoms with Crippen LogP contribution in [0.4, 0.5) is 0 Å². The van der Waals surface area contributed by atoms with Gasteiger partial charge in [-0.3, -0.25) is 0 Å². The van der Waals surface area contributed by atoms with Crippen LogP contribution in [0.25, 0.3) is 0 Å². The van der Waals surface area contributed by atoms with Crippen LogP contribution < -0.4 is 10.1 Å². The van der Waals surface area contributed by atoms with Crippen LogP contribution in [-0.4, -0.2) is 13.7 Å². The SMILES string of the molecule is CCOc1ccc(C)cc1C(Cc1cccc(C)c1)NC. The Morgan fingerprint density at radius 2 is 1.81 bits per heavy atom. The minimum atomic E-state index is 0.258. The maximum absolute atomic E-state index is 5.80. The third kappa shape index (κ3) is 4.08. The summed E-state index contributed by atoms with van der Waals surface area (Å²) >= 11 is 0. The molecule has 2 heteroatoms. The van der Waals surface area contributed by atoms with E-state index in [9.17, 15) is 0 Å². The lowest BCUT2D eigenvalue weighted by Gasteiger charge is -2.21. The molecule has 1 atom stereocenters. The van der Waals surface area contributed by atoms with Gasteiger partial charge in [0.25, 0.3) is 0 Å². The van der Waals surface area contributed by atoms with Gasteiger partial charge in [-0.25, -0.2) is 0 Å². The van der Waals surface area contributed by atoms with E-state index in [1.165, 1.54) is 22.3 Å². The standard InChI is InChI=1S/C19H25NO/c1-5-21-19-10-9-15(3)12-17(19)18(20-4)13-16-8-6-7-14(2)11-16/h6-12,18,20H,5,13H2,1-4H3. The van der Waals surface area contributed by atoms with Crippen LogP contribution in [0, 0.1) is 13.8 Å².